The summed E-state index contributed by atoms with van der Waals surface area (Å²) in [7, 11) is 0. The summed E-state index contributed by atoms with van der Waals surface area (Å²) >= 11 is 4.91. The zero-order valence-corrected chi connectivity index (χ0v) is 12.8. The van der Waals surface area contributed by atoms with Crippen molar-refractivity contribution in [3.63, 3.8) is 0 Å². The maximum Gasteiger partial charge on any atom is 0.248 e. The second-order valence-corrected chi connectivity index (χ2v) is 7.33. The van der Waals surface area contributed by atoms with Crippen LogP contribution in [-0.2, 0) is 5.75 Å². The standard InChI is InChI=1S/C12H13N3OS3/c1-2-17-11-14-15-12(19-11)18-7-8-4-3-5-9(6-8)10(13)16/h3-6H,2,7H2,1H3,(H2,13,16). The molecule has 1 aromatic carbocycles. The van der Waals surface area contributed by atoms with E-state index >= 15 is 0 Å². The van der Waals surface area contributed by atoms with Crippen molar-refractivity contribution in [3.05, 3.63) is 35.4 Å². The van der Waals surface area contributed by atoms with Gasteiger partial charge in [0.05, 0.1) is 0 Å². The zero-order chi connectivity index (χ0) is 13.7. The Morgan fingerprint density at radius 1 is 1.32 bits per heavy atom. The fraction of sp³-hybridized carbons (Fsp3) is 0.250. The molecule has 0 saturated heterocycles. The number of aromatic nitrogens is 2. The molecule has 0 saturated carbocycles. The van der Waals surface area contributed by atoms with Crippen LogP contribution in [0.2, 0.25) is 0 Å². The van der Waals surface area contributed by atoms with Gasteiger partial charge in [-0.25, -0.2) is 0 Å². The van der Waals surface area contributed by atoms with E-state index in [0.29, 0.717) is 5.56 Å². The van der Waals surface area contributed by atoms with Gasteiger partial charge in [-0.3, -0.25) is 4.79 Å². The molecule has 0 atom stereocenters. The van der Waals surface area contributed by atoms with E-state index in [-0.39, 0.29) is 0 Å². The van der Waals surface area contributed by atoms with E-state index in [9.17, 15) is 4.79 Å². The molecule has 0 bridgehead atoms. The molecule has 4 nitrogen and oxygen atoms in total. The normalized spacial score (nSPS) is 10.6. The van der Waals surface area contributed by atoms with Crippen LogP contribution < -0.4 is 5.73 Å². The number of thioether (sulfide) groups is 2. The maximum atomic E-state index is 11.1. The lowest BCUT2D eigenvalue weighted by Gasteiger charge is -2.00. The third-order valence-electron chi connectivity index (χ3n) is 2.23. The Morgan fingerprint density at radius 2 is 2.05 bits per heavy atom. The minimum absolute atomic E-state index is 0.399. The van der Waals surface area contributed by atoms with E-state index in [0.717, 1.165) is 25.7 Å². The molecule has 19 heavy (non-hydrogen) atoms. The summed E-state index contributed by atoms with van der Waals surface area (Å²) in [5.41, 5.74) is 6.85. The molecule has 2 aromatic rings. The van der Waals surface area contributed by atoms with Gasteiger partial charge in [0.1, 0.15) is 0 Å². The maximum absolute atomic E-state index is 11.1. The van der Waals surface area contributed by atoms with Crippen LogP contribution >= 0.6 is 34.9 Å². The molecule has 1 heterocycles. The highest BCUT2D eigenvalue weighted by Crippen LogP contribution is 2.30. The molecule has 1 amide bonds. The van der Waals surface area contributed by atoms with Crippen LogP contribution in [0.5, 0.6) is 0 Å². The highest BCUT2D eigenvalue weighted by Gasteiger charge is 2.06. The number of carbonyl (C=O) groups is 1. The molecule has 0 aliphatic heterocycles. The summed E-state index contributed by atoms with van der Waals surface area (Å²) in [4.78, 5) is 11.1. The Morgan fingerprint density at radius 3 is 2.74 bits per heavy atom. The number of carbonyl (C=O) groups excluding carboxylic acids is 1. The number of hydrogen-bond acceptors (Lipinski definition) is 6. The summed E-state index contributed by atoms with van der Waals surface area (Å²) < 4.78 is 1.94. The molecule has 0 unspecified atom stereocenters. The third kappa shape index (κ3) is 4.22. The van der Waals surface area contributed by atoms with Gasteiger partial charge in [0.15, 0.2) is 8.68 Å². The average molecular weight is 311 g/mol. The van der Waals surface area contributed by atoms with E-state index in [1.165, 1.54) is 0 Å². The van der Waals surface area contributed by atoms with Gasteiger partial charge in [-0.1, -0.05) is 53.9 Å². The van der Waals surface area contributed by atoms with Crippen LogP contribution in [0.3, 0.4) is 0 Å². The van der Waals surface area contributed by atoms with Gasteiger partial charge in [-0.2, -0.15) is 0 Å². The summed E-state index contributed by atoms with van der Waals surface area (Å²) in [5, 5.41) is 8.23. The highest BCUT2D eigenvalue weighted by molar-refractivity contribution is 8.02. The lowest BCUT2D eigenvalue weighted by molar-refractivity contribution is 0.1000. The number of primary amides is 1. The second-order valence-electron chi connectivity index (χ2n) is 3.62. The molecule has 2 rings (SSSR count). The van der Waals surface area contributed by atoms with Crippen molar-refractivity contribution in [1.29, 1.82) is 0 Å². The first kappa shape index (κ1) is 14.4. The number of hydrogen-bond donors (Lipinski definition) is 1. The molecular formula is C12H13N3OS3. The summed E-state index contributed by atoms with van der Waals surface area (Å²) in [6.07, 6.45) is 0. The van der Waals surface area contributed by atoms with E-state index in [1.54, 1.807) is 40.9 Å². The molecule has 100 valence electrons. The van der Waals surface area contributed by atoms with E-state index in [4.69, 9.17) is 5.73 Å². The Kier molecular flexibility index (Phi) is 5.24. The van der Waals surface area contributed by atoms with Crippen molar-refractivity contribution in [2.45, 2.75) is 21.4 Å². The highest BCUT2D eigenvalue weighted by atomic mass is 32.2. The molecule has 2 N–H and O–H groups in total. The minimum Gasteiger partial charge on any atom is -0.366 e. The molecule has 0 fully saturated rings. The largest absolute Gasteiger partial charge is 0.366 e. The smallest absolute Gasteiger partial charge is 0.248 e. The first-order chi connectivity index (χ1) is 9.19. The number of nitrogens with zero attached hydrogens (tertiary/aromatic N) is 2. The number of amides is 1. The summed E-state index contributed by atoms with van der Waals surface area (Å²) in [6, 6.07) is 7.35. The molecule has 0 aliphatic carbocycles. The van der Waals surface area contributed by atoms with Gasteiger partial charge in [-0.15, -0.1) is 10.2 Å². The Hall–Kier alpha value is -1.05. The predicted molar refractivity (Wildman–Crippen MR) is 80.8 cm³/mol. The van der Waals surface area contributed by atoms with Crippen molar-refractivity contribution in [2.75, 3.05) is 5.75 Å². The van der Waals surface area contributed by atoms with Crippen molar-refractivity contribution in [3.8, 4) is 0 Å². The Labute approximate surface area is 124 Å². The quantitative estimate of drug-likeness (QED) is 0.830. The van der Waals surface area contributed by atoms with E-state index in [1.807, 2.05) is 18.2 Å². The summed E-state index contributed by atoms with van der Waals surface area (Å²) in [6.45, 7) is 2.09. The first-order valence-electron chi connectivity index (χ1n) is 5.67. The van der Waals surface area contributed by atoms with Crippen molar-refractivity contribution >= 4 is 40.8 Å². The van der Waals surface area contributed by atoms with Crippen molar-refractivity contribution in [2.24, 2.45) is 5.73 Å². The second kappa shape index (κ2) is 6.93. The molecule has 1 aromatic heterocycles. The fourth-order valence-corrected chi connectivity index (χ4v) is 4.26. The van der Waals surface area contributed by atoms with Gasteiger partial charge < -0.3 is 5.73 Å². The first-order valence-corrected chi connectivity index (χ1v) is 8.45. The zero-order valence-electron chi connectivity index (χ0n) is 10.3. The summed E-state index contributed by atoms with van der Waals surface area (Å²) in [5.74, 6) is 1.36. The Bertz CT molecular complexity index is 571. The molecule has 0 radical (unpaired) electrons. The lowest BCUT2D eigenvalue weighted by atomic mass is 10.1. The minimum atomic E-state index is -0.399. The van der Waals surface area contributed by atoms with E-state index in [2.05, 4.69) is 17.1 Å². The van der Waals surface area contributed by atoms with Crippen molar-refractivity contribution < 1.29 is 4.79 Å². The Balaban J connectivity index is 1.97. The number of rotatable bonds is 6. The average Bonchev–Trinajstić information content (AvgIpc) is 2.85. The molecule has 0 spiro atoms. The van der Waals surface area contributed by atoms with E-state index < -0.39 is 5.91 Å². The van der Waals surface area contributed by atoms with Crippen LogP contribution in [0.25, 0.3) is 0 Å². The van der Waals surface area contributed by atoms with Crippen molar-refractivity contribution in [1.82, 2.24) is 10.2 Å². The monoisotopic (exact) mass is 311 g/mol. The number of nitrogens with two attached hydrogens (primary N) is 1. The third-order valence-corrected chi connectivity index (χ3v) is 5.37. The molecular weight excluding hydrogens is 298 g/mol. The van der Waals surface area contributed by atoms with Gasteiger partial charge in [-0.05, 0) is 23.4 Å². The predicted octanol–water partition coefficient (Wildman–Crippen LogP) is 3.04. The van der Waals surface area contributed by atoms with Crippen LogP contribution in [0, 0.1) is 0 Å². The van der Waals surface area contributed by atoms with Gasteiger partial charge in [0.2, 0.25) is 5.91 Å². The number of benzene rings is 1. The topological polar surface area (TPSA) is 68.9 Å². The van der Waals surface area contributed by atoms with Gasteiger partial charge >= 0.3 is 0 Å². The van der Waals surface area contributed by atoms with Gasteiger partial charge in [0, 0.05) is 11.3 Å². The lowest BCUT2D eigenvalue weighted by Crippen LogP contribution is -2.10. The van der Waals surface area contributed by atoms with Crippen LogP contribution in [0.15, 0.2) is 32.9 Å². The van der Waals surface area contributed by atoms with Crippen LogP contribution in [0.4, 0.5) is 0 Å². The van der Waals surface area contributed by atoms with Crippen LogP contribution in [0.1, 0.15) is 22.8 Å². The van der Waals surface area contributed by atoms with Crippen LogP contribution in [-0.4, -0.2) is 21.9 Å². The fourth-order valence-electron chi connectivity index (χ4n) is 1.40. The molecule has 0 aliphatic rings. The molecule has 7 heteroatoms. The SMILES string of the molecule is CCSc1nnc(SCc2cccc(C(N)=O)c2)s1. The van der Waals surface area contributed by atoms with Gasteiger partial charge in [0.25, 0.3) is 0 Å².